The van der Waals surface area contributed by atoms with Crippen LogP contribution in [0.15, 0.2) is 40.8 Å². The van der Waals surface area contributed by atoms with Crippen LogP contribution in [-0.4, -0.2) is 26.1 Å². The van der Waals surface area contributed by atoms with Crippen LogP contribution in [0.2, 0.25) is 0 Å². The highest BCUT2D eigenvalue weighted by Gasteiger charge is 2.19. The molecule has 5 heteroatoms. The quantitative estimate of drug-likeness (QED) is 0.850. The van der Waals surface area contributed by atoms with Crippen molar-refractivity contribution in [3.63, 3.8) is 0 Å². The minimum atomic E-state index is -3.38. The van der Waals surface area contributed by atoms with Crippen LogP contribution >= 0.6 is 0 Å². The van der Waals surface area contributed by atoms with E-state index in [1.165, 1.54) is 0 Å². The summed E-state index contributed by atoms with van der Waals surface area (Å²) in [5.74, 6) is -0.290. The molecule has 0 unspecified atom stereocenters. The fourth-order valence-electron chi connectivity index (χ4n) is 2.21. The number of carbonyl (C=O) groups excluding carboxylic acids is 1. The largest absolute Gasteiger partial charge is 0.349 e. The van der Waals surface area contributed by atoms with E-state index in [2.05, 4.69) is 5.32 Å². The first-order valence-corrected chi connectivity index (χ1v) is 8.81. The Morgan fingerprint density at radius 2 is 1.90 bits per heavy atom. The molecule has 1 aromatic carbocycles. The fourth-order valence-corrected chi connectivity index (χ4v) is 3.69. The van der Waals surface area contributed by atoms with Gasteiger partial charge in [-0.05, 0) is 45.2 Å². The van der Waals surface area contributed by atoms with Crippen molar-refractivity contribution in [3.8, 4) is 0 Å². The highest BCUT2D eigenvalue weighted by atomic mass is 32.2. The smallest absolute Gasteiger partial charge is 0.244 e. The molecule has 114 valence electrons. The molecule has 1 amide bonds. The summed E-state index contributed by atoms with van der Waals surface area (Å²) in [6, 6.07) is 6.35. The van der Waals surface area contributed by atoms with Crippen molar-refractivity contribution >= 4 is 15.7 Å². The van der Waals surface area contributed by atoms with E-state index in [1.807, 2.05) is 6.92 Å². The maximum Gasteiger partial charge on any atom is 0.244 e. The molecule has 0 radical (unpaired) electrons. The van der Waals surface area contributed by atoms with E-state index < -0.39 is 15.9 Å². The average molecular weight is 307 g/mol. The summed E-state index contributed by atoms with van der Waals surface area (Å²) in [5, 5.41) is 2.72. The van der Waals surface area contributed by atoms with Gasteiger partial charge in [0.05, 0.1) is 10.6 Å². The van der Waals surface area contributed by atoms with Crippen molar-refractivity contribution in [2.75, 3.05) is 5.75 Å². The van der Waals surface area contributed by atoms with Crippen LogP contribution < -0.4 is 5.32 Å². The highest BCUT2D eigenvalue weighted by molar-refractivity contribution is 7.91. The minimum absolute atomic E-state index is 0.0923. The van der Waals surface area contributed by atoms with Gasteiger partial charge in [0.15, 0.2) is 9.84 Å². The molecule has 1 aliphatic carbocycles. The lowest BCUT2D eigenvalue weighted by Crippen LogP contribution is -2.37. The van der Waals surface area contributed by atoms with Gasteiger partial charge in [-0.15, -0.1) is 0 Å². The molecule has 1 aliphatic rings. The van der Waals surface area contributed by atoms with E-state index in [0.717, 1.165) is 30.4 Å². The molecule has 1 saturated carbocycles. The molecule has 1 N–H and O–H groups in total. The lowest BCUT2D eigenvalue weighted by Gasteiger charge is -2.17. The second kappa shape index (κ2) is 6.43. The van der Waals surface area contributed by atoms with Gasteiger partial charge < -0.3 is 5.32 Å². The number of aryl methyl sites for hydroxylation is 1. The Kier molecular flexibility index (Phi) is 4.83. The van der Waals surface area contributed by atoms with Crippen LogP contribution in [0.1, 0.15) is 31.7 Å². The number of amides is 1. The van der Waals surface area contributed by atoms with Crippen LogP contribution in [0.25, 0.3) is 0 Å². The molecule has 21 heavy (non-hydrogen) atoms. The Labute approximate surface area is 126 Å². The van der Waals surface area contributed by atoms with Crippen molar-refractivity contribution in [3.05, 3.63) is 41.5 Å². The Bertz CT molecular complexity index is 639. The number of benzene rings is 1. The summed E-state index contributed by atoms with van der Waals surface area (Å²) in [7, 11) is -3.38. The SMILES string of the molecule is Cc1ccc(S(=O)(=O)C[C@H](C)NC(=O)C=C2CCC2)cc1. The van der Waals surface area contributed by atoms with Crippen LogP contribution in [0.4, 0.5) is 0 Å². The number of carbonyl (C=O) groups is 1. The van der Waals surface area contributed by atoms with Gasteiger partial charge in [-0.3, -0.25) is 4.79 Å². The Morgan fingerprint density at radius 1 is 1.29 bits per heavy atom. The zero-order valence-corrected chi connectivity index (χ0v) is 13.2. The van der Waals surface area contributed by atoms with Gasteiger partial charge in [0.1, 0.15) is 0 Å². The maximum absolute atomic E-state index is 12.3. The summed E-state index contributed by atoms with van der Waals surface area (Å²) >= 11 is 0. The standard InChI is InChI=1S/C16H21NO3S/c1-12-6-8-15(9-7-12)21(19,20)11-13(2)17-16(18)10-14-4-3-5-14/h6-10,13H,3-5,11H2,1-2H3,(H,17,18)/t13-/m0/s1. The summed E-state index contributed by atoms with van der Waals surface area (Å²) in [5.41, 5.74) is 2.16. The normalized spacial score (nSPS) is 16.0. The molecule has 4 nitrogen and oxygen atoms in total. The van der Waals surface area contributed by atoms with Crippen LogP contribution in [0.3, 0.4) is 0 Å². The van der Waals surface area contributed by atoms with Crippen molar-refractivity contribution in [1.29, 1.82) is 0 Å². The highest BCUT2D eigenvalue weighted by Crippen LogP contribution is 2.24. The second-order valence-electron chi connectivity index (χ2n) is 5.66. The molecule has 1 atom stereocenters. The number of sulfone groups is 1. The molecule has 1 aromatic rings. The molecule has 0 bridgehead atoms. The summed E-state index contributed by atoms with van der Waals surface area (Å²) in [6.07, 6.45) is 4.68. The maximum atomic E-state index is 12.3. The van der Waals surface area contributed by atoms with E-state index in [4.69, 9.17) is 0 Å². The first-order chi connectivity index (χ1) is 9.87. The van der Waals surface area contributed by atoms with Crippen molar-refractivity contribution in [2.45, 2.75) is 44.0 Å². The zero-order chi connectivity index (χ0) is 15.5. The van der Waals surface area contributed by atoms with E-state index in [1.54, 1.807) is 37.3 Å². The van der Waals surface area contributed by atoms with E-state index in [9.17, 15) is 13.2 Å². The van der Waals surface area contributed by atoms with Gasteiger partial charge in [0.2, 0.25) is 5.91 Å². The van der Waals surface area contributed by atoms with Crippen molar-refractivity contribution < 1.29 is 13.2 Å². The third kappa shape index (κ3) is 4.43. The van der Waals surface area contributed by atoms with Crippen LogP contribution in [0, 0.1) is 6.92 Å². The monoisotopic (exact) mass is 307 g/mol. The van der Waals surface area contributed by atoms with Gasteiger partial charge in [0.25, 0.3) is 0 Å². The van der Waals surface area contributed by atoms with Crippen molar-refractivity contribution in [2.24, 2.45) is 0 Å². The van der Waals surface area contributed by atoms with Gasteiger partial charge in [-0.1, -0.05) is 23.3 Å². The molecular formula is C16H21NO3S. The molecule has 0 aliphatic heterocycles. The zero-order valence-electron chi connectivity index (χ0n) is 12.4. The minimum Gasteiger partial charge on any atom is -0.349 e. The van der Waals surface area contributed by atoms with E-state index in [0.29, 0.717) is 4.90 Å². The molecule has 2 rings (SSSR count). The van der Waals surface area contributed by atoms with Gasteiger partial charge >= 0.3 is 0 Å². The number of nitrogens with one attached hydrogen (secondary N) is 1. The molecule has 0 spiro atoms. The number of rotatable bonds is 5. The van der Waals surface area contributed by atoms with Gasteiger partial charge in [-0.2, -0.15) is 0 Å². The third-order valence-electron chi connectivity index (χ3n) is 3.57. The van der Waals surface area contributed by atoms with Crippen LogP contribution in [0.5, 0.6) is 0 Å². The fraction of sp³-hybridized carbons (Fsp3) is 0.438. The average Bonchev–Trinajstić information content (AvgIpc) is 2.33. The first kappa shape index (κ1) is 15.8. The van der Waals surface area contributed by atoms with E-state index in [-0.39, 0.29) is 11.7 Å². The lowest BCUT2D eigenvalue weighted by atomic mass is 9.92. The summed E-state index contributed by atoms with van der Waals surface area (Å²) in [6.45, 7) is 3.62. The van der Waals surface area contributed by atoms with Crippen LogP contribution in [-0.2, 0) is 14.6 Å². The molecule has 0 heterocycles. The first-order valence-electron chi connectivity index (χ1n) is 7.16. The molecule has 0 aromatic heterocycles. The third-order valence-corrected chi connectivity index (χ3v) is 5.50. The second-order valence-corrected chi connectivity index (χ2v) is 7.69. The molecule has 1 fully saturated rings. The van der Waals surface area contributed by atoms with Gasteiger partial charge in [0, 0.05) is 12.1 Å². The van der Waals surface area contributed by atoms with Crippen molar-refractivity contribution in [1.82, 2.24) is 5.32 Å². The summed E-state index contributed by atoms with van der Waals surface area (Å²) in [4.78, 5) is 12.0. The Hall–Kier alpha value is -1.62. The predicted octanol–water partition coefficient (Wildman–Crippen LogP) is 2.38. The predicted molar refractivity (Wildman–Crippen MR) is 82.8 cm³/mol. The number of hydrogen-bond acceptors (Lipinski definition) is 3. The Balaban J connectivity index is 1.96. The molecular weight excluding hydrogens is 286 g/mol. The lowest BCUT2D eigenvalue weighted by molar-refractivity contribution is -0.117. The van der Waals surface area contributed by atoms with E-state index >= 15 is 0 Å². The number of allylic oxidation sites excluding steroid dienone is 1. The topological polar surface area (TPSA) is 63.2 Å². The Morgan fingerprint density at radius 3 is 2.43 bits per heavy atom. The van der Waals surface area contributed by atoms with Gasteiger partial charge in [-0.25, -0.2) is 8.42 Å². The summed E-state index contributed by atoms with van der Waals surface area (Å²) < 4.78 is 24.5. The molecule has 0 saturated heterocycles. The number of hydrogen-bond donors (Lipinski definition) is 1.